The Balaban J connectivity index is 2.00. The van der Waals surface area contributed by atoms with Crippen molar-refractivity contribution in [1.82, 2.24) is 0 Å². The lowest BCUT2D eigenvalue weighted by Crippen LogP contribution is -2.45. The van der Waals surface area contributed by atoms with Crippen LogP contribution in [-0.2, 0) is 4.79 Å². The van der Waals surface area contributed by atoms with E-state index in [0.29, 0.717) is 17.0 Å². The van der Waals surface area contributed by atoms with Crippen molar-refractivity contribution in [2.45, 2.75) is 12.5 Å². The van der Waals surface area contributed by atoms with Gasteiger partial charge in [-0.2, -0.15) is 5.26 Å². The maximum atomic E-state index is 12.3. The van der Waals surface area contributed by atoms with Crippen LogP contribution in [0.5, 0.6) is 5.75 Å². The zero-order valence-electron chi connectivity index (χ0n) is 12.7. The third kappa shape index (κ3) is 5.06. The van der Waals surface area contributed by atoms with Gasteiger partial charge in [-0.3, -0.25) is 4.79 Å². The van der Waals surface area contributed by atoms with Gasteiger partial charge in [-0.15, -0.1) is 0 Å². The van der Waals surface area contributed by atoms with Gasteiger partial charge < -0.3 is 15.2 Å². The molecule has 2 aromatic rings. The molecule has 0 spiro atoms. The minimum atomic E-state index is -1.69. The number of halogens is 2. The smallest absolute Gasteiger partial charge is 0.259 e. The summed E-state index contributed by atoms with van der Waals surface area (Å²) in [4.78, 5) is 12.3. The van der Waals surface area contributed by atoms with Crippen molar-refractivity contribution in [2.24, 2.45) is 0 Å². The summed E-state index contributed by atoms with van der Waals surface area (Å²) in [5.41, 5.74) is -0.650. The number of carbonyl (C=O) groups is 1. The lowest BCUT2D eigenvalue weighted by molar-refractivity contribution is -0.135. The Morgan fingerprint density at radius 2 is 1.96 bits per heavy atom. The second-order valence-corrected chi connectivity index (χ2v) is 7.68. The SMILES string of the molecule is C[C@](O)(COc1ccc(I)cc1)C(=O)Nc1ccc(C#N)c(I)c1. The molecule has 124 valence electrons. The molecule has 0 bridgehead atoms. The van der Waals surface area contributed by atoms with Crippen molar-refractivity contribution in [2.75, 3.05) is 11.9 Å². The number of hydrogen-bond donors (Lipinski definition) is 2. The summed E-state index contributed by atoms with van der Waals surface area (Å²) in [6.45, 7) is 1.22. The fraction of sp³-hybridized carbons (Fsp3) is 0.176. The first kappa shape index (κ1) is 19.0. The molecule has 7 heteroatoms. The summed E-state index contributed by atoms with van der Waals surface area (Å²) >= 11 is 4.20. The maximum absolute atomic E-state index is 12.3. The van der Waals surface area contributed by atoms with E-state index in [1.165, 1.54) is 6.92 Å². The molecule has 0 saturated carbocycles. The first-order chi connectivity index (χ1) is 11.3. The molecule has 0 heterocycles. The molecule has 0 aromatic heterocycles. The molecule has 2 aromatic carbocycles. The summed E-state index contributed by atoms with van der Waals surface area (Å²) in [5, 5.41) is 21.9. The molecular weight excluding hydrogens is 534 g/mol. The maximum Gasteiger partial charge on any atom is 0.259 e. The molecule has 2 N–H and O–H groups in total. The highest BCUT2D eigenvalue weighted by Gasteiger charge is 2.31. The van der Waals surface area contributed by atoms with Crippen LogP contribution in [0.25, 0.3) is 0 Å². The largest absolute Gasteiger partial charge is 0.490 e. The highest BCUT2D eigenvalue weighted by molar-refractivity contribution is 14.1. The summed E-state index contributed by atoms with van der Waals surface area (Å²) in [5.74, 6) is 0.00457. The second kappa shape index (κ2) is 8.13. The highest BCUT2D eigenvalue weighted by atomic mass is 127. The summed E-state index contributed by atoms with van der Waals surface area (Å²) in [6.07, 6.45) is 0. The Morgan fingerprint density at radius 1 is 1.29 bits per heavy atom. The van der Waals surface area contributed by atoms with E-state index in [2.05, 4.69) is 34.0 Å². The Labute approximate surface area is 167 Å². The molecule has 5 nitrogen and oxygen atoms in total. The topological polar surface area (TPSA) is 82.3 Å². The van der Waals surface area contributed by atoms with Gasteiger partial charge in [0.05, 0.1) is 5.56 Å². The summed E-state index contributed by atoms with van der Waals surface area (Å²) in [7, 11) is 0. The van der Waals surface area contributed by atoms with Crippen molar-refractivity contribution in [3.8, 4) is 11.8 Å². The lowest BCUT2D eigenvalue weighted by Gasteiger charge is -2.22. The number of ether oxygens (including phenoxy) is 1. The molecule has 0 aliphatic carbocycles. The van der Waals surface area contributed by atoms with E-state index in [9.17, 15) is 9.90 Å². The molecule has 0 fully saturated rings. The molecular formula is C17H14I2N2O3. The van der Waals surface area contributed by atoms with E-state index in [1.54, 1.807) is 30.3 Å². The highest BCUT2D eigenvalue weighted by Crippen LogP contribution is 2.20. The monoisotopic (exact) mass is 548 g/mol. The van der Waals surface area contributed by atoms with Crippen LogP contribution >= 0.6 is 45.2 Å². The minimum absolute atomic E-state index is 0.174. The van der Waals surface area contributed by atoms with Gasteiger partial charge in [-0.05, 0) is 94.6 Å². The lowest BCUT2D eigenvalue weighted by atomic mass is 10.1. The average molecular weight is 548 g/mol. The molecule has 0 saturated heterocycles. The third-order valence-corrected chi connectivity index (χ3v) is 4.78. The number of carbonyl (C=O) groups excluding carboxylic acids is 1. The molecule has 0 unspecified atom stereocenters. The number of rotatable bonds is 5. The van der Waals surface area contributed by atoms with Gasteiger partial charge in [0.2, 0.25) is 0 Å². The van der Waals surface area contributed by atoms with Gasteiger partial charge in [0.15, 0.2) is 5.60 Å². The van der Waals surface area contributed by atoms with Crippen LogP contribution in [0.15, 0.2) is 42.5 Å². The normalized spacial score (nSPS) is 12.8. The van der Waals surface area contributed by atoms with Crippen LogP contribution < -0.4 is 10.1 Å². The second-order valence-electron chi connectivity index (χ2n) is 5.28. The van der Waals surface area contributed by atoms with Crippen LogP contribution in [0, 0.1) is 18.5 Å². The van der Waals surface area contributed by atoms with Crippen LogP contribution in [0.2, 0.25) is 0 Å². The molecule has 2 rings (SSSR count). The Hall–Kier alpha value is -1.38. The fourth-order valence-corrected chi connectivity index (χ4v) is 2.76. The van der Waals surface area contributed by atoms with Gasteiger partial charge in [0, 0.05) is 12.8 Å². The van der Waals surface area contributed by atoms with Gasteiger partial charge in [0.1, 0.15) is 18.4 Å². The molecule has 24 heavy (non-hydrogen) atoms. The third-order valence-electron chi connectivity index (χ3n) is 3.17. The summed E-state index contributed by atoms with van der Waals surface area (Å²) < 4.78 is 7.28. The number of amides is 1. The molecule has 0 aliphatic heterocycles. The standard InChI is InChI=1S/C17H14I2N2O3/c1-17(23,10-24-14-6-3-12(18)4-7-14)16(22)21-13-5-2-11(9-20)15(19)8-13/h2-8,23H,10H2,1H3,(H,21,22)/t17-/m0/s1. The van der Waals surface area contributed by atoms with Crippen molar-refractivity contribution in [1.29, 1.82) is 5.26 Å². The molecule has 0 aliphatic rings. The van der Waals surface area contributed by atoms with E-state index in [4.69, 9.17) is 10.00 Å². The van der Waals surface area contributed by atoms with Crippen LogP contribution in [-0.4, -0.2) is 23.2 Å². The molecule has 0 radical (unpaired) electrons. The number of hydrogen-bond acceptors (Lipinski definition) is 4. The molecule has 1 amide bonds. The van der Waals surface area contributed by atoms with E-state index in [0.717, 1.165) is 7.14 Å². The van der Waals surface area contributed by atoms with Gasteiger partial charge in [-0.1, -0.05) is 0 Å². The van der Waals surface area contributed by atoms with E-state index in [-0.39, 0.29) is 6.61 Å². The minimum Gasteiger partial charge on any atom is -0.490 e. The van der Waals surface area contributed by atoms with Gasteiger partial charge in [0.25, 0.3) is 5.91 Å². The van der Waals surface area contributed by atoms with Crippen molar-refractivity contribution in [3.05, 3.63) is 55.2 Å². The Bertz CT molecular complexity index is 783. The van der Waals surface area contributed by atoms with E-state index >= 15 is 0 Å². The number of aliphatic hydroxyl groups is 1. The van der Waals surface area contributed by atoms with E-state index < -0.39 is 11.5 Å². The van der Waals surface area contributed by atoms with E-state index in [1.807, 2.05) is 34.7 Å². The van der Waals surface area contributed by atoms with Gasteiger partial charge in [-0.25, -0.2) is 0 Å². The average Bonchev–Trinajstić information content (AvgIpc) is 2.54. The van der Waals surface area contributed by atoms with Crippen LogP contribution in [0.4, 0.5) is 5.69 Å². The summed E-state index contributed by atoms with van der Waals surface area (Å²) in [6, 6.07) is 14.3. The van der Waals surface area contributed by atoms with Gasteiger partial charge >= 0.3 is 0 Å². The molecule has 1 atom stereocenters. The quantitative estimate of drug-likeness (QED) is 0.561. The zero-order valence-corrected chi connectivity index (χ0v) is 17.0. The number of anilines is 1. The van der Waals surface area contributed by atoms with Crippen molar-refractivity contribution >= 4 is 56.8 Å². The Morgan fingerprint density at radius 3 is 2.54 bits per heavy atom. The van der Waals surface area contributed by atoms with Crippen molar-refractivity contribution in [3.63, 3.8) is 0 Å². The fourth-order valence-electron chi connectivity index (χ4n) is 1.77. The predicted molar refractivity (Wildman–Crippen MR) is 108 cm³/mol. The number of nitrogens with zero attached hydrogens (tertiary/aromatic N) is 1. The Kier molecular flexibility index (Phi) is 6.42. The first-order valence-electron chi connectivity index (χ1n) is 6.94. The van der Waals surface area contributed by atoms with Crippen LogP contribution in [0.3, 0.4) is 0 Å². The number of benzene rings is 2. The number of nitriles is 1. The van der Waals surface area contributed by atoms with Crippen LogP contribution in [0.1, 0.15) is 12.5 Å². The van der Waals surface area contributed by atoms with Crippen molar-refractivity contribution < 1.29 is 14.6 Å². The zero-order chi connectivity index (χ0) is 17.7. The number of nitrogens with one attached hydrogen (secondary N) is 1. The predicted octanol–water partition coefficient (Wildman–Crippen LogP) is 3.54. The first-order valence-corrected chi connectivity index (χ1v) is 9.09.